The van der Waals surface area contributed by atoms with Crippen LogP contribution in [-0.2, 0) is 9.84 Å². The average molecular weight is 225 g/mol. The summed E-state index contributed by atoms with van der Waals surface area (Å²) in [6, 6.07) is 7.06. The van der Waals surface area contributed by atoms with Crippen molar-refractivity contribution in [1.29, 1.82) is 0 Å². The van der Waals surface area contributed by atoms with E-state index in [4.69, 9.17) is 0 Å². The minimum Gasteiger partial charge on any atom is -0.379 e. The summed E-state index contributed by atoms with van der Waals surface area (Å²) < 4.78 is 23.0. The van der Waals surface area contributed by atoms with Gasteiger partial charge >= 0.3 is 0 Å². The molecule has 2 rings (SSSR count). The third-order valence-electron chi connectivity index (χ3n) is 2.72. The van der Waals surface area contributed by atoms with Crippen molar-refractivity contribution < 1.29 is 8.42 Å². The van der Waals surface area contributed by atoms with E-state index in [1.807, 2.05) is 12.1 Å². The van der Waals surface area contributed by atoms with Crippen LogP contribution in [0.4, 0.5) is 5.69 Å². The van der Waals surface area contributed by atoms with Gasteiger partial charge in [0, 0.05) is 11.8 Å². The third-order valence-corrected chi connectivity index (χ3v) is 3.88. The summed E-state index contributed by atoms with van der Waals surface area (Å²) in [5.74, 6) is 0. The second-order valence-electron chi connectivity index (χ2n) is 4.45. The lowest BCUT2D eigenvalue weighted by Crippen LogP contribution is -2.17. The molecule has 82 valence electrons. The molecule has 1 saturated carbocycles. The lowest BCUT2D eigenvalue weighted by atomic mass is 10.2. The van der Waals surface area contributed by atoms with Crippen molar-refractivity contribution in [1.82, 2.24) is 0 Å². The van der Waals surface area contributed by atoms with E-state index in [-0.39, 0.29) is 5.54 Å². The lowest BCUT2D eigenvalue weighted by molar-refractivity contribution is 0.602. The largest absolute Gasteiger partial charge is 0.379 e. The van der Waals surface area contributed by atoms with E-state index < -0.39 is 9.84 Å². The monoisotopic (exact) mass is 225 g/mol. The summed E-state index contributed by atoms with van der Waals surface area (Å²) in [7, 11) is -3.14. The minimum atomic E-state index is -3.14. The highest BCUT2D eigenvalue weighted by molar-refractivity contribution is 7.90. The van der Waals surface area contributed by atoms with Crippen LogP contribution in [-0.4, -0.2) is 20.2 Å². The Labute approximate surface area is 90.4 Å². The first-order valence-electron chi connectivity index (χ1n) is 4.98. The van der Waals surface area contributed by atoms with Crippen LogP contribution in [0.15, 0.2) is 29.2 Å². The molecular formula is C11H15NO2S. The van der Waals surface area contributed by atoms with Crippen LogP contribution in [0, 0.1) is 0 Å². The first-order valence-corrected chi connectivity index (χ1v) is 6.87. The first-order chi connectivity index (χ1) is 6.91. The normalized spacial score (nSPS) is 18.5. The summed E-state index contributed by atoms with van der Waals surface area (Å²) >= 11 is 0. The predicted octanol–water partition coefficient (Wildman–Crippen LogP) is 2.05. The molecule has 0 bridgehead atoms. The summed E-state index contributed by atoms with van der Waals surface area (Å²) in [6.07, 6.45) is 3.44. The van der Waals surface area contributed by atoms with Crippen molar-refractivity contribution in [2.24, 2.45) is 0 Å². The molecule has 0 unspecified atom stereocenters. The summed E-state index contributed by atoms with van der Waals surface area (Å²) in [5, 5.41) is 3.29. The molecule has 1 aromatic rings. The molecule has 0 amide bonds. The van der Waals surface area contributed by atoms with E-state index in [0.717, 1.165) is 18.5 Å². The Morgan fingerprint density at radius 3 is 2.40 bits per heavy atom. The van der Waals surface area contributed by atoms with Crippen LogP contribution in [0.2, 0.25) is 0 Å². The zero-order valence-corrected chi connectivity index (χ0v) is 9.76. The molecule has 15 heavy (non-hydrogen) atoms. The number of benzene rings is 1. The SMILES string of the molecule is CC1(Nc2ccccc2S(C)(=O)=O)CC1. The van der Waals surface area contributed by atoms with Gasteiger partial charge in [0.1, 0.15) is 0 Å². The zero-order valence-electron chi connectivity index (χ0n) is 8.95. The van der Waals surface area contributed by atoms with Crippen molar-refractivity contribution in [3.8, 4) is 0 Å². The smallest absolute Gasteiger partial charge is 0.177 e. The van der Waals surface area contributed by atoms with Gasteiger partial charge in [0.2, 0.25) is 0 Å². The molecule has 0 aromatic heterocycles. The predicted molar refractivity (Wildman–Crippen MR) is 60.8 cm³/mol. The van der Waals surface area contributed by atoms with E-state index in [1.54, 1.807) is 12.1 Å². The Balaban J connectivity index is 2.38. The molecule has 3 nitrogen and oxygen atoms in total. The molecule has 0 radical (unpaired) electrons. The van der Waals surface area contributed by atoms with Crippen LogP contribution in [0.25, 0.3) is 0 Å². The third kappa shape index (κ3) is 2.31. The van der Waals surface area contributed by atoms with Crippen molar-refractivity contribution in [2.75, 3.05) is 11.6 Å². The molecule has 0 aliphatic heterocycles. The molecule has 0 saturated heterocycles. The fourth-order valence-electron chi connectivity index (χ4n) is 1.53. The van der Waals surface area contributed by atoms with Gasteiger partial charge in [-0.25, -0.2) is 8.42 Å². The Bertz CT molecular complexity index is 475. The molecule has 1 N–H and O–H groups in total. The van der Waals surface area contributed by atoms with Gasteiger partial charge in [-0.1, -0.05) is 12.1 Å². The number of anilines is 1. The second kappa shape index (κ2) is 3.23. The van der Waals surface area contributed by atoms with Crippen molar-refractivity contribution in [3.63, 3.8) is 0 Å². The van der Waals surface area contributed by atoms with E-state index in [1.165, 1.54) is 6.26 Å². The number of sulfone groups is 1. The molecule has 0 heterocycles. The summed E-state index contributed by atoms with van der Waals surface area (Å²) in [6.45, 7) is 2.10. The maximum atomic E-state index is 11.5. The Kier molecular flexibility index (Phi) is 2.26. The van der Waals surface area contributed by atoms with Crippen molar-refractivity contribution >= 4 is 15.5 Å². The van der Waals surface area contributed by atoms with Gasteiger partial charge in [-0.3, -0.25) is 0 Å². The van der Waals surface area contributed by atoms with Gasteiger partial charge in [0.25, 0.3) is 0 Å². The van der Waals surface area contributed by atoms with Crippen LogP contribution in [0.5, 0.6) is 0 Å². The van der Waals surface area contributed by atoms with Gasteiger partial charge in [0.05, 0.1) is 10.6 Å². The molecular weight excluding hydrogens is 210 g/mol. The quantitative estimate of drug-likeness (QED) is 0.856. The molecule has 1 aromatic carbocycles. The van der Waals surface area contributed by atoms with E-state index in [9.17, 15) is 8.42 Å². The number of hydrogen-bond acceptors (Lipinski definition) is 3. The summed E-state index contributed by atoms with van der Waals surface area (Å²) in [4.78, 5) is 0.387. The van der Waals surface area contributed by atoms with Gasteiger partial charge in [-0.05, 0) is 31.9 Å². The van der Waals surface area contributed by atoms with Crippen LogP contribution in [0.3, 0.4) is 0 Å². The van der Waals surface area contributed by atoms with Crippen LogP contribution >= 0.6 is 0 Å². The molecule has 1 aliphatic rings. The minimum absolute atomic E-state index is 0.0980. The fraction of sp³-hybridized carbons (Fsp3) is 0.455. The highest BCUT2D eigenvalue weighted by Gasteiger charge is 2.37. The van der Waals surface area contributed by atoms with Crippen molar-refractivity contribution in [2.45, 2.75) is 30.2 Å². The fourth-order valence-corrected chi connectivity index (χ4v) is 2.38. The average Bonchev–Trinajstić information content (AvgIpc) is 2.82. The van der Waals surface area contributed by atoms with Crippen molar-refractivity contribution in [3.05, 3.63) is 24.3 Å². The van der Waals surface area contributed by atoms with E-state index in [2.05, 4.69) is 12.2 Å². The molecule has 4 heteroatoms. The van der Waals surface area contributed by atoms with Gasteiger partial charge in [-0.15, -0.1) is 0 Å². The van der Waals surface area contributed by atoms with E-state index >= 15 is 0 Å². The maximum Gasteiger partial charge on any atom is 0.177 e. The number of hydrogen-bond donors (Lipinski definition) is 1. The molecule has 0 atom stereocenters. The highest BCUT2D eigenvalue weighted by Crippen LogP contribution is 2.39. The Morgan fingerprint density at radius 2 is 1.87 bits per heavy atom. The van der Waals surface area contributed by atoms with Gasteiger partial charge in [0.15, 0.2) is 9.84 Å². The van der Waals surface area contributed by atoms with Crippen LogP contribution < -0.4 is 5.32 Å². The molecule has 1 aliphatic carbocycles. The summed E-state index contributed by atoms with van der Waals surface area (Å²) in [5.41, 5.74) is 0.820. The second-order valence-corrected chi connectivity index (χ2v) is 6.44. The zero-order chi connectivity index (χ0) is 11.1. The van der Waals surface area contributed by atoms with E-state index in [0.29, 0.717) is 4.90 Å². The number of rotatable bonds is 3. The van der Waals surface area contributed by atoms with Gasteiger partial charge in [-0.2, -0.15) is 0 Å². The molecule has 0 spiro atoms. The maximum absolute atomic E-state index is 11.5. The number of para-hydroxylation sites is 1. The Morgan fingerprint density at radius 1 is 1.27 bits per heavy atom. The highest BCUT2D eigenvalue weighted by atomic mass is 32.2. The first kappa shape index (κ1) is 10.5. The van der Waals surface area contributed by atoms with Crippen LogP contribution in [0.1, 0.15) is 19.8 Å². The van der Waals surface area contributed by atoms with Gasteiger partial charge < -0.3 is 5.32 Å². The number of nitrogens with one attached hydrogen (secondary N) is 1. The molecule has 1 fully saturated rings. The lowest BCUT2D eigenvalue weighted by Gasteiger charge is -2.15. The topological polar surface area (TPSA) is 46.2 Å². The standard InChI is InChI=1S/C11H15NO2S/c1-11(7-8-11)12-9-5-3-4-6-10(9)15(2,13)14/h3-6,12H,7-8H2,1-2H3. The Hall–Kier alpha value is -1.03.